The van der Waals surface area contributed by atoms with Gasteiger partial charge in [0.15, 0.2) is 0 Å². The molecule has 1 aliphatic rings. The van der Waals surface area contributed by atoms with Crippen molar-refractivity contribution in [1.82, 2.24) is 0 Å². The van der Waals surface area contributed by atoms with Crippen molar-refractivity contribution in [3.05, 3.63) is 58.9 Å². The van der Waals surface area contributed by atoms with E-state index in [1.807, 2.05) is 18.2 Å². The fourth-order valence-electron chi connectivity index (χ4n) is 2.69. The fourth-order valence-corrected chi connectivity index (χ4v) is 2.69. The van der Waals surface area contributed by atoms with E-state index in [2.05, 4.69) is 4.90 Å². The summed E-state index contributed by atoms with van der Waals surface area (Å²) < 4.78 is 14.0. The number of nitrogen functional groups attached to an aromatic ring is 1. The smallest absolute Gasteiger partial charge is 0.248 e. The number of fused-ring (bicyclic) bond motifs is 1. The molecule has 0 saturated carbocycles. The molecule has 2 aromatic carbocycles. The lowest BCUT2D eigenvalue weighted by Gasteiger charge is -2.20. The van der Waals surface area contributed by atoms with Crippen LogP contribution in [0.1, 0.15) is 21.5 Å². The number of nitrogens with zero attached hydrogens (tertiary/aromatic N) is 1. The highest BCUT2D eigenvalue weighted by atomic mass is 19.1. The van der Waals surface area contributed by atoms with E-state index in [0.717, 1.165) is 24.3 Å². The van der Waals surface area contributed by atoms with E-state index in [1.54, 1.807) is 12.1 Å². The number of hydrogen-bond acceptors (Lipinski definition) is 3. The van der Waals surface area contributed by atoms with Crippen LogP contribution in [-0.4, -0.2) is 12.5 Å². The number of amides is 1. The molecule has 0 bridgehead atoms. The van der Waals surface area contributed by atoms with Gasteiger partial charge in [-0.3, -0.25) is 4.79 Å². The van der Waals surface area contributed by atoms with Crippen LogP contribution in [0.5, 0.6) is 0 Å². The van der Waals surface area contributed by atoms with Gasteiger partial charge in [-0.2, -0.15) is 0 Å². The molecule has 0 aliphatic carbocycles. The second kappa shape index (κ2) is 5.09. The molecule has 1 amide bonds. The number of hydrogen-bond donors (Lipinski definition) is 2. The lowest BCUT2D eigenvalue weighted by molar-refractivity contribution is 0.1000. The molecule has 0 atom stereocenters. The van der Waals surface area contributed by atoms with Crippen molar-refractivity contribution >= 4 is 17.3 Å². The Labute approximate surface area is 122 Å². The zero-order valence-corrected chi connectivity index (χ0v) is 11.5. The van der Waals surface area contributed by atoms with Crippen molar-refractivity contribution in [2.45, 2.75) is 13.0 Å². The minimum atomic E-state index is -0.623. The van der Waals surface area contributed by atoms with Crippen LogP contribution in [-0.2, 0) is 13.0 Å². The molecule has 1 heterocycles. The third-order valence-electron chi connectivity index (χ3n) is 3.79. The summed E-state index contributed by atoms with van der Waals surface area (Å²) in [6.45, 7) is 1.29. The van der Waals surface area contributed by atoms with Crippen molar-refractivity contribution in [3.8, 4) is 0 Å². The molecule has 1 aliphatic heterocycles. The maximum Gasteiger partial charge on any atom is 0.248 e. The van der Waals surface area contributed by atoms with E-state index in [1.165, 1.54) is 11.6 Å². The van der Waals surface area contributed by atoms with Gasteiger partial charge in [0.05, 0.1) is 0 Å². The first kappa shape index (κ1) is 13.4. The van der Waals surface area contributed by atoms with Crippen molar-refractivity contribution in [1.29, 1.82) is 0 Å². The highest BCUT2D eigenvalue weighted by Gasteiger charge is 2.20. The molecule has 0 unspecified atom stereocenters. The summed E-state index contributed by atoms with van der Waals surface area (Å²) in [5.74, 6) is -1.03. The van der Waals surface area contributed by atoms with Gasteiger partial charge in [-0.25, -0.2) is 4.39 Å². The quantitative estimate of drug-likeness (QED) is 0.848. The van der Waals surface area contributed by atoms with Gasteiger partial charge in [-0.1, -0.05) is 6.07 Å². The van der Waals surface area contributed by atoms with Crippen LogP contribution >= 0.6 is 0 Å². The van der Waals surface area contributed by atoms with Crippen molar-refractivity contribution in [3.63, 3.8) is 0 Å². The predicted molar refractivity (Wildman–Crippen MR) is 80.5 cm³/mol. The minimum Gasteiger partial charge on any atom is -0.399 e. The molecule has 2 aromatic rings. The Balaban J connectivity index is 1.84. The number of anilines is 2. The lowest BCUT2D eigenvalue weighted by Crippen LogP contribution is -2.20. The number of rotatable bonds is 3. The average Bonchev–Trinajstić information content (AvgIpc) is 2.83. The van der Waals surface area contributed by atoms with Crippen molar-refractivity contribution in [2.24, 2.45) is 5.73 Å². The van der Waals surface area contributed by atoms with E-state index in [9.17, 15) is 9.18 Å². The van der Waals surface area contributed by atoms with Crippen LogP contribution in [0.15, 0.2) is 36.4 Å². The zero-order chi connectivity index (χ0) is 15.0. The summed E-state index contributed by atoms with van der Waals surface area (Å²) in [6, 6.07) is 10.1. The van der Waals surface area contributed by atoms with Crippen molar-refractivity contribution in [2.75, 3.05) is 17.2 Å². The van der Waals surface area contributed by atoms with Crippen LogP contribution in [0, 0.1) is 5.82 Å². The molecule has 0 fully saturated rings. The number of halogens is 1. The second-order valence-corrected chi connectivity index (χ2v) is 5.23. The summed E-state index contributed by atoms with van der Waals surface area (Å²) in [4.78, 5) is 13.1. The van der Waals surface area contributed by atoms with Crippen LogP contribution in [0.25, 0.3) is 0 Å². The molecule has 0 aromatic heterocycles. The highest BCUT2D eigenvalue weighted by Crippen LogP contribution is 2.31. The standard InChI is InChI=1S/C16H16FN3O/c17-14-8-11(16(19)21)1-2-12(14)9-20-6-5-10-7-13(18)3-4-15(10)20/h1-4,7-8H,5-6,9,18H2,(H2,19,21). The molecule has 0 radical (unpaired) electrons. The maximum atomic E-state index is 14.0. The summed E-state index contributed by atoms with van der Waals surface area (Å²) >= 11 is 0. The van der Waals surface area contributed by atoms with Gasteiger partial charge < -0.3 is 16.4 Å². The van der Waals surface area contributed by atoms with Crippen LogP contribution in [0.3, 0.4) is 0 Å². The Morgan fingerprint density at radius 1 is 1.24 bits per heavy atom. The highest BCUT2D eigenvalue weighted by molar-refractivity contribution is 5.92. The van der Waals surface area contributed by atoms with E-state index in [-0.39, 0.29) is 5.56 Å². The van der Waals surface area contributed by atoms with Gasteiger partial charge in [0.25, 0.3) is 0 Å². The Morgan fingerprint density at radius 2 is 2.05 bits per heavy atom. The van der Waals surface area contributed by atoms with Crippen LogP contribution in [0.2, 0.25) is 0 Å². The molecule has 0 spiro atoms. The minimum absolute atomic E-state index is 0.186. The molecular weight excluding hydrogens is 269 g/mol. The molecule has 21 heavy (non-hydrogen) atoms. The molecule has 0 saturated heterocycles. The van der Waals surface area contributed by atoms with Crippen LogP contribution < -0.4 is 16.4 Å². The van der Waals surface area contributed by atoms with E-state index >= 15 is 0 Å². The third-order valence-corrected chi connectivity index (χ3v) is 3.79. The lowest BCUT2D eigenvalue weighted by atomic mass is 10.1. The molecule has 4 nitrogen and oxygen atoms in total. The Kier molecular flexibility index (Phi) is 3.25. The van der Waals surface area contributed by atoms with E-state index in [0.29, 0.717) is 12.1 Å². The Morgan fingerprint density at radius 3 is 2.76 bits per heavy atom. The first-order valence-electron chi connectivity index (χ1n) is 6.76. The first-order valence-corrected chi connectivity index (χ1v) is 6.76. The SMILES string of the molecule is NC(=O)c1ccc(CN2CCc3cc(N)ccc32)c(F)c1. The molecule has 4 N–H and O–H groups in total. The Hall–Kier alpha value is -2.56. The van der Waals surface area contributed by atoms with Gasteiger partial charge >= 0.3 is 0 Å². The molecule has 108 valence electrons. The molecule has 3 rings (SSSR count). The summed E-state index contributed by atoms with van der Waals surface area (Å²) in [5, 5.41) is 0. The first-order chi connectivity index (χ1) is 10.0. The summed E-state index contributed by atoms with van der Waals surface area (Å²) in [5.41, 5.74) is 14.7. The normalized spacial score (nSPS) is 13.3. The predicted octanol–water partition coefficient (Wildman–Crippen LogP) is 2.07. The zero-order valence-electron chi connectivity index (χ0n) is 11.5. The van der Waals surface area contributed by atoms with Gasteiger partial charge in [0.2, 0.25) is 5.91 Å². The molecule has 5 heteroatoms. The number of benzene rings is 2. The van der Waals surface area contributed by atoms with Crippen LogP contribution in [0.4, 0.5) is 15.8 Å². The average molecular weight is 285 g/mol. The number of carbonyl (C=O) groups excluding carboxylic acids is 1. The van der Waals surface area contributed by atoms with Gasteiger partial charge in [0, 0.05) is 35.6 Å². The van der Waals surface area contributed by atoms with Crippen molar-refractivity contribution < 1.29 is 9.18 Å². The fraction of sp³-hybridized carbons (Fsp3) is 0.188. The number of nitrogens with two attached hydrogens (primary N) is 2. The van der Waals surface area contributed by atoms with Gasteiger partial charge in [-0.15, -0.1) is 0 Å². The topological polar surface area (TPSA) is 72.4 Å². The van der Waals surface area contributed by atoms with E-state index < -0.39 is 11.7 Å². The Bertz CT molecular complexity index is 715. The van der Waals surface area contributed by atoms with E-state index in [4.69, 9.17) is 11.5 Å². The largest absolute Gasteiger partial charge is 0.399 e. The summed E-state index contributed by atoms with van der Waals surface area (Å²) in [6.07, 6.45) is 0.904. The monoisotopic (exact) mass is 285 g/mol. The maximum absolute atomic E-state index is 14.0. The summed E-state index contributed by atoms with van der Waals surface area (Å²) in [7, 11) is 0. The third kappa shape index (κ3) is 2.54. The van der Waals surface area contributed by atoms with Gasteiger partial charge in [-0.05, 0) is 42.3 Å². The number of primary amides is 1. The second-order valence-electron chi connectivity index (χ2n) is 5.23. The van der Waals surface area contributed by atoms with Gasteiger partial charge in [0.1, 0.15) is 5.82 Å². The molecular formula is C16H16FN3O. The number of carbonyl (C=O) groups is 1.